The van der Waals surface area contributed by atoms with Crippen LogP contribution in [0.3, 0.4) is 0 Å². The van der Waals surface area contributed by atoms with Gasteiger partial charge < -0.3 is 49.7 Å². The number of esters is 1. The van der Waals surface area contributed by atoms with E-state index in [0.717, 1.165) is 24.2 Å². The van der Waals surface area contributed by atoms with Crippen molar-refractivity contribution in [3.8, 4) is 0 Å². The molecule has 1 aromatic heterocycles. The van der Waals surface area contributed by atoms with E-state index in [0.29, 0.717) is 12.0 Å². The van der Waals surface area contributed by atoms with Gasteiger partial charge in [-0.05, 0) is 31.0 Å². The van der Waals surface area contributed by atoms with Gasteiger partial charge in [-0.2, -0.15) is 0 Å². The number of para-hydroxylation sites is 1. The number of fused-ring (bicyclic) bond motifs is 3. The molecule has 8 unspecified atom stereocenters. The first-order valence-electron chi connectivity index (χ1n) is 12.7. The van der Waals surface area contributed by atoms with Crippen LogP contribution in [-0.4, -0.2) is 88.6 Å². The third-order valence-electron chi connectivity index (χ3n) is 7.76. The van der Waals surface area contributed by atoms with Gasteiger partial charge in [0, 0.05) is 34.5 Å². The zero-order valence-electron chi connectivity index (χ0n) is 21.0. The van der Waals surface area contributed by atoms with Gasteiger partial charge in [-0.3, -0.25) is 0 Å². The molecular formula is C27H34N2O9. The second kappa shape index (κ2) is 11.1. The highest BCUT2D eigenvalue weighted by molar-refractivity contribution is 5.89. The number of aromatic nitrogens is 1. The lowest BCUT2D eigenvalue weighted by Crippen LogP contribution is -2.59. The third kappa shape index (κ3) is 4.87. The van der Waals surface area contributed by atoms with Crippen molar-refractivity contribution in [2.45, 2.75) is 55.9 Å². The molecule has 11 nitrogen and oxygen atoms in total. The summed E-state index contributed by atoms with van der Waals surface area (Å²) >= 11 is 0. The molecule has 206 valence electrons. The normalized spacial score (nSPS) is 35.2. The minimum atomic E-state index is -1.68. The first kappa shape index (κ1) is 26.8. The molecule has 0 aliphatic carbocycles. The lowest BCUT2D eigenvalue weighted by molar-refractivity contribution is -0.297. The Morgan fingerprint density at radius 1 is 1.18 bits per heavy atom. The molecule has 0 saturated carbocycles. The zero-order chi connectivity index (χ0) is 27.0. The molecule has 3 aliphatic rings. The number of carbonyl (C=O) groups excluding carboxylic acids is 1. The number of nitrogens with one attached hydrogen (secondary N) is 2. The molecule has 2 aromatic rings. The van der Waals surface area contributed by atoms with E-state index in [4.69, 9.17) is 18.9 Å². The van der Waals surface area contributed by atoms with E-state index >= 15 is 0 Å². The molecule has 1 fully saturated rings. The fourth-order valence-corrected chi connectivity index (χ4v) is 5.72. The maximum atomic E-state index is 12.7. The molecule has 1 aromatic carbocycles. The average molecular weight is 531 g/mol. The molecule has 0 spiro atoms. The molecule has 0 bridgehead atoms. The van der Waals surface area contributed by atoms with Crippen LogP contribution in [0.1, 0.15) is 23.7 Å². The van der Waals surface area contributed by atoms with Crippen molar-refractivity contribution >= 4 is 16.9 Å². The predicted molar refractivity (Wildman–Crippen MR) is 134 cm³/mol. The fraction of sp³-hybridized carbons (Fsp3) is 0.519. The molecule has 0 amide bonds. The maximum Gasteiger partial charge on any atom is 0.337 e. The summed E-state index contributed by atoms with van der Waals surface area (Å²) in [7, 11) is 1.31. The number of carbonyl (C=O) groups is 1. The van der Waals surface area contributed by atoms with Crippen LogP contribution in [0, 0.1) is 11.8 Å². The van der Waals surface area contributed by atoms with Crippen LogP contribution < -0.4 is 5.32 Å². The number of H-pyrrole nitrogens is 1. The Labute approximate surface area is 219 Å². The lowest BCUT2D eigenvalue weighted by atomic mass is 9.78. The summed E-state index contributed by atoms with van der Waals surface area (Å²) in [6.07, 6.45) is -4.01. The summed E-state index contributed by atoms with van der Waals surface area (Å²) in [5.74, 6) is -1.38. The Morgan fingerprint density at radius 2 is 1.97 bits per heavy atom. The summed E-state index contributed by atoms with van der Waals surface area (Å²) < 4.78 is 21.9. The molecule has 6 N–H and O–H groups in total. The van der Waals surface area contributed by atoms with Gasteiger partial charge in [0.25, 0.3) is 0 Å². The fourth-order valence-electron chi connectivity index (χ4n) is 5.72. The van der Waals surface area contributed by atoms with Gasteiger partial charge in [-0.15, -0.1) is 6.58 Å². The Balaban J connectivity index is 1.37. The highest BCUT2D eigenvalue weighted by atomic mass is 16.7. The van der Waals surface area contributed by atoms with E-state index in [9.17, 15) is 25.2 Å². The van der Waals surface area contributed by atoms with Crippen LogP contribution in [0.15, 0.2) is 48.8 Å². The number of methoxy groups -OCH3 is 1. The molecule has 9 atom stereocenters. The standard InChI is InChI=1S/C27H34N2O9/c1-3-13-16(10-19-21-15(8-9-28-19)14-6-4-5-7-18(14)29-21)17(25(33)35-2)11-36-27(13)37-12-20-22(30)23(31)24(32)26(34)38-20/h3-7,11,13,16,19-20,22-24,26-32,34H,1,8-10,12H2,2H3/t13?,16?,19-,20?,22?,23?,24?,26?,27?/m1/s1. The second-order valence-electron chi connectivity index (χ2n) is 9.91. The Hall–Kier alpha value is -2.77. The van der Waals surface area contributed by atoms with Crippen molar-refractivity contribution < 1.29 is 44.2 Å². The van der Waals surface area contributed by atoms with Crippen LogP contribution in [0.25, 0.3) is 10.9 Å². The summed E-state index contributed by atoms with van der Waals surface area (Å²) in [5.41, 5.74) is 3.74. The zero-order valence-corrected chi connectivity index (χ0v) is 21.0. The summed E-state index contributed by atoms with van der Waals surface area (Å²) in [5, 5.41) is 44.6. The minimum Gasteiger partial charge on any atom is -0.471 e. The number of aromatic amines is 1. The van der Waals surface area contributed by atoms with Crippen molar-refractivity contribution in [3.05, 3.63) is 60.0 Å². The minimum absolute atomic E-state index is 0.0827. The molecule has 1 saturated heterocycles. The monoisotopic (exact) mass is 530 g/mol. The van der Waals surface area contributed by atoms with E-state index < -0.39 is 48.9 Å². The summed E-state index contributed by atoms with van der Waals surface area (Å²) in [4.78, 5) is 16.3. The molecule has 0 radical (unpaired) electrons. The summed E-state index contributed by atoms with van der Waals surface area (Å²) in [6, 6.07) is 8.08. The first-order valence-corrected chi connectivity index (χ1v) is 12.7. The topological polar surface area (TPSA) is 163 Å². The van der Waals surface area contributed by atoms with Gasteiger partial charge in [0.1, 0.15) is 24.4 Å². The van der Waals surface area contributed by atoms with Crippen molar-refractivity contribution in [2.75, 3.05) is 20.3 Å². The Kier molecular flexibility index (Phi) is 7.87. The average Bonchev–Trinajstić information content (AvgIpc) is 3.32. The van der Waals surface area contributed by atoms with E-state index in [1.807, 2.05) is 18.2 Å². The maximum absolute atomic E-state index is 12.7. The van der Waals surface area contributed by atoms with Crippen molar-refractivity contribution in [1.29, 1.82) is 0 Å². The van der Waals surface area contributed by atoms with Gasteiger partial charge >= 0.3 is 5.97 Å². The number of hydrogen-bond acceptors (Lipinski definition) is 10. The quantitative estimate of drug-likeness (QED) is 0.218. The predicted octanol–water partition coefficient (Wildman–Crippen LogP) is 0.393. The molecule has 11 heteroatoms. The van der Waals surface area contributed by atoms with Gasteiger partial charge in [0.2, 0.25) is 6.29 Å². The largest absolute Gasteiger partial charge is 0.471 e. The smallest absolute Gasteiger partial charge is 0.337 e. The van der Waals surface area contributed by atoms with Crippen LogP contribution in [0.2, 0.25) is 0 Å². The van der Waals surface area contributed by atoms with E-state index in [1.165, 1.54) is 24.3 Å². The Bertz CT molecular complexity index is 1200. The van der Waals surface area contributed by atoms with Crippen molar-refractivity contribution in [2.24, 2.45) is 11.8 Å². The van der Waals surface area contributed by atoms with Gasteiger partial charge in [0.15, 0.2) is 6.29 Å². The SMILES string of the molecule is C=CC1C(OCC2OC(O)C(O)C(O)C2O)OC=C(C(=O)OC)C1C[C@H]1NCCc2c1[nH]c1ccccc21. The molecular weight excluding hydrogens is 496 g/mol. The third-order valence-corrected chi connectivity index (χ3v) is 7.76. The van der Waals surface area contributed by atoms with Gasteiger partial charge in [-0.1, -0.05) is 24.3 Å². The number of aliphatic hydroxyl groups excluding tert-OH is 4. The van der Waals surface area contributed by atoms with Gasteiger partial charge in [0.05, 0.1) is 25.6 Å². The van der Waals surface area contributed by atoms with Crippen LogP contribution >= 0.6 is 0 Å². The number of hydrogen-bond donors (Lipinski definition) is 6. The molecule has 3 aliphatic heterocycles. The van der Waals surface area contributed by atoms with Crippen LogP contribution in [0.5, 0.6) is 0 Å². The van der Waals surface area contributed by atoms with Crippen LogP contribution in [0.4, 0.5) is 0 Å². The summed E-state index contributed by atoms with van der Waals surface area (Å²) in [6.45, 7) is 4.49. The second-order valence-corrected chi connectivity index (χ2v) is 9.91. The Morgan fingerprint density at radius 3 is 2.74 bits per heavy atom. The molecule has 38 heavy (non-hydrogen) atoms. The molecule has 5 rings (SSSR count). The molecule has 4 heterocycles. The lowest BCUT2D eigenvalue weighted by Gasteiger charge is -2.40. The number of ether oxygens (including phenoxy) is 4. The first-order chi connectivity index (χ1) is 18.3. The number of aliphatic hydroxyl groups is 4. The van der Waals surface area contributed by atoms with E-state index in [-0.39, 0.29) is 18.6 Å². The van der Waals surface area contributed by atoms with Crippen molar-refractivity contribution in [1.82, 2.24) is 10.3 Å². The van der Waals surface area contributed by atoms with Crippen LogP contribution in [-0.2, 0) is 30.2 Å². The van der Waals surface area contributed by atoms with Gasteiger partial charge in [-0.25, -0.2) is 4.79 Å². The number of benzene rings is 1. The highest BCUT2D eigenvalue weighted by Gasteiger charge is 2.45. The van der Waals surface area contributed by atoms with Crippen molar-refractivity contribution in [3.63, 3.8) is 0 Å². The van der Waals surface area contributed by atoms with E-state index in [2.05, 4.69) is 22.9 Å². The van der Waals surface area contributed by atoms with E-state index in [1.54, 1.807) is 6.08 Å². The number of rotatable bonds is 7. The highest BCUT2D eigenvalue weighted by Crippen LogP contribution is 2.41.